The van der Waals surface area contributed by atoms with Crippen LogP contribution in [0, 0.1) is 27.4 Å². The van der Waals surface area contributed by atoms with Gasteiger partial charge in [0.05, 0.1) is 21.7 Å². The number of nitro benzene ring substituents is 1. The molecule has 0 aliphatic rings. The molecule has 2 aromatic rings. The van der Waals surface area contributed by atoms with Crippen LogP contribution in [0.15, 0.2) is 41.4 Å². The molecule has 25 heavy (non-hydrogen) atoms. The van der Waals surface area contributed by atoms with Gasteiger partial charge < -0.3 is 4.74 Å². The Balaban J connectivity index is 2.41. The van der Waals surface area contributed by atoms with Gasteiger partial charge in [0.2, 0.25) is 0 Å². The molecule has 0 atom stereocenters. The fourth-order valence-electron chi connectivity index (χ4n) is 1.76. The van der Waals surface area contributed by atoms with Crippen molar-refractivity contribution in [2.45, 2.75) is 0 Å². The van der Waals surface area contributed by atoms with Crippen LogP contribution in [0.2, 0.25) is 5.02 Å². The highest BCUT2D eigenvalue weighted by Gasteiger charge is 2.12. The Bertz CT molecular complexity index is 886. The average Bonchev–Trinajstić information content (AvgIpc) is 2.57. The number of nitro groups is 1. The van der Waals surface area contributed by atoms with Gasteiger partial charge in [-0.15, -0.1) is 0 Å². The fourth-order valence-corrected chi connectivity index (χ4v) is 2.28. The van der Waals surface area contributed by atoms with Gasteiger partial charge in [0.1, 0.15) is 17.3 Å². The molecular weight excluding hydrogens is 371 g/mol. The van der Waals surface area contributed by atoms with E-state index in [1.807, 2.05) is 0 Å². The molecule has 0 aromatic heterocycles. The van der Waals surface area contributed by atoms with Gasteiger partial charge in [-0.3, -0.25) is 15.4 Å². The zero-order valence-electron chi connectivity index (χ0n) is 12.7. The summed E-state index contributed by atoms with van der Waals surface area (Å²) in [6.07, 6.45) is 3.42. The molecule has 2 rings (SSSR count). The molecule has 128 valence electrons. The van der Waals surface area contributed by atoms with E-state index in [1.54, 1.807) is 12.4 Å². The summed E-state index contributed by atoms with van der Waals surface area (Å²) in [6.45, 7) is 0. The van der Waals surface area contributed by atoms with Crippen molar-refractivity contribution in [1.29, 1.82) is 5.26 Å². The molecule has 0 heterocycles. The van der Waals surface area contributed by atoms with Gasteiger partial charge in [-0.2, -0.15) is 5.26 Å². The third kappa shape index (κ3) is 5.07. The monoisotopic (exact) mass is 380 g/mol. The average molecular weight is 381 g/mol. The number of non-ortho nitro benzene ring substituents is 1. The normalized spacial score (nSPS) is 10.9. The molecule has 2 aromatic carbocycles. The van der Waals surface area contributed by atoms with Gasteiger partial charge >= 0.3 is 0 Å². The molecule has 1 N–H and O–H groups in total. The van der Waals surface area contributed by atoms with Gasteiger partial charge in [0.25, 0.3) is 5.69 Å². The highest BCUT2D eigenvalue weighted by molar-refractivity contribution is 8.13. The first-order valence-corrected chi connectivity index (χ1v) is 8.23. The van der Waals surface area contributed by atoms with Crippen molar-refractivity contribution in [3.05, 3.63) is 57.4 Å². The van der Waals surface area contributed by atoms with Crippen LogP contribution in [0.25, 0.3) is 0 Å². The first kappa shape index (κ1) is 18.5. The molecule has 10 heteroatoms. The van der Waals surface area contributed by atoms with Crippen molar-refractivity contribution >= 4 is 39.9 Å². The molecule has 0 fully saturated rings. The first-order chi connectivity index (χ1) is 11.9. The highest BCUT2D eigenvalue weighted by Crippen LogP contribution is 2.32. The van der Waals surface area contributed by atoms with Gasteiger partial charge in [-0.05, 0) is 18.4 Å². The number of halogens is 2. The van der Waals surface area contributed by atoms with E-state index in [1.165, 1.54) is 30.3 Å². The number of hydrogen-bond donors (Lipinski definition) is 1. The Morgan fingerprint density at radius 2 is 2.16 bits per heavy atom. The summed E-state index contributed by atoms with van der Waals surface area (Å²) in [5, 5.41) is 22.2. The zero-order chi connectivity index (χ0) is 18.4. The number of nitrogens with one attached hydrogen (secondary N) is 1. The van der Waals surface area contributed by atoms with Crippen molar-refractivity contribution in [2.75, 3.05) is 6.26 Å². The minimum Gasteiger partial charge on any atom is -0.457 e. The maximum Gasteiger partial charge on any atom is 0.275 e. The third-order valence-electron chi connectivity index (χ3n) is 2.80. The van der Waals surface area contributed by atoms with Gasteiger partial charge in [-0.25, -0.2) is 9.38 Å². The quantitative estimate of drug-likeness (QED) is 0.208. The lowest BCUT2D eigenvalue weighted by molar-refractivity contribution is -0.384. The van der Waals surface area contributed by atoms with Crippen LogP contribution in [0.4, 0.5) is 15.8 Å². The van der Waals surface area contributed by atoms with Crippen LogP contribution < -0.4 is 10.1 Å². The van der Waals surface area contributed by atoms with Crippen LogP contribution in [-0.4, -0.2) is 16.3 Å². The molecule has 0 aliphatic carbocycles. The van der Waals surface area contributed by atoms with Gasteiger partial charge in [0, 0.05) is 18.2 Å². The number of aliphatic imine (C=N–C) groups is 1. The summed E-state index contributed by atoms with van der Waals surface area (Å²) in [6, 6.07) is 7.60. The molecule has 0 unspecified atom stereocenters. The lowest BCUT2D eigenvalue weighted by atomic mass is 10.2. The van der Waals surface area contributed by atoms with E-state index in [9.17, 15) is 14.5 Å². The zero-order valence-corrected chi connectivity index (χ0v) is 14.3. The van der Waals surface area contributed by atoms with Crippen molar-refractivity contribution in [1.82, 2.24) is 5.32 Å². The van der Waals surface area contributed by atoms with Crippen LogP contribution in [0.3, 0.4) is 0 Å². The molecule has 0 bridgehead atoms. The molecule has 0 saturated carbocycles. The van der Waals surface area contributed by atoms with E-state index in [2.05, 4.69) is 10.3 Å². The number of ether oxygens (including phenoxy) is 1. The number of amidine groups is 1. The Morgan fingerprint density at radius 1 is 1.40 bits per heavy atom. The van der Waals surface area contributed by atoms with Crippen molar-refractivity contribution in [2.24, 2.45) is 4.99 Å². The molecule has 0 aliphatic heterocycles. The van der Waals surface area contributed by atoms with Crippen LogP contribution in [0.5, 0.6) is 11.5 Å². The Labute approximate surface area is 151 Å². The smallest absolute Gasteiger partial charge is 0.275 e. The summed E-state index contributed by atoms with van der Waals surface area (Å²) in [4.78, 5) is 14.6. The second-order valence-electron chi connectivity index (χ2n) is 4.48. The predicted molar refractivity (Wildman–Crippen MR) is 93.9 cm³/mol. The molecule has 7 nitrogen and oxygen atoms in total. The molecule has 0 radical (unpaired) electrons. The van der Waals surface area contributed by atoms with Crippen LogP contribution >= 0.6 is 23.4 Å². The van der Waals surface area contributed by atoms with Gasteiger partial charge in [0.15, 0.2) is 11.4 Å². The lowest BCUT2D eigenvalue weighted by Crippen LogP contribution is -2.12. The SMILES string of the molecule is CSC(=Nc1cc(Oc2ccc(F)c(Cl)c2)cc([N+](=O)[O-])c1)NC#N. The lowest BCUT2D eigenvalue weighted by Gasteiger charge is -2.08. The number of thioether (sulfide) groups is 1. The third-order valence-corrected chi connectivity index (χ3v) is 3.67. The minimum atomic E-state index is -0.606. The number of hydrogen-bond acceptors (Lipinski definition) is 6. The summed E-state index contributed by atoms with van der Waals surface area (Å²) >= 11 is 6.85. The summed E-state index contributed by atoms with van der Waals surface area (Å²) in [5.41, 5.74) is -0.0358. The molecule has 0 amide bonds. The van der Waals surface area contributed by atoms with Crippen molar-refractivity contribution in [3.8, 4) is 17.7 Å². The Morgan fingerprint density at radius 3 is 2.76 bits per heavy atom. The topological polar surface area (TPSA) is 101 Å². The second-order valence-corrected chi connectivity index (χ2v) is 5.68. The van der Waals surface area contributed by atoms with E-state index >= 15 is 0 Å². The van der Waals surface area contributed by atoms with E-state index < -0.39 is 10.7 Å². The number of nitrogens with zero attached hydrogens (tertiary/aromatic N) is 3. The van der Waals surface area contributed by atoms with Gasteiger partial charge in [-0.1, -0.05) is 23.4 Å². The predicted octanol–water partition coefficient (Wildman–Crippen LogP) is 4.60. The highest BCUT2D eigenvalue weighted by atomic mass is 35.5. The Hall–Kier alpha value is -2.83. The van der Waals surface area contributed by atoms with E-state index in [4.69, 9.17) is 21.6 Å². The Kier molecular flexibility index (Phi) is 6.16. The fraction of sp³-hybridized carbons (Fsp3) is 0.0667. The number of rotatable bonds is 4. The maximum atomic E-state index is 13.2. The molecule has 0 saturated heterocycles. The van der Waals surface area contributed by atoms with Crippen molar-refractivity contribution in [3.63, 3.8) is 0 Å². The van der Waals surface area contributed by atoms with E-state index in [-0.39, 0.29) is 33.1 Å². The van der Waals surface area contributed by atoms with Crippen LogP contribution in [0.1, 0.15) is 0 Å². The van der Waals surface area contributed by atoms with E-state index in [0.717, 1.165) is 17.8 Å². The van der Waals surface area contributed by atoms with E-state index in [0.29, 0.717) is 0 Å². The summed E-state index contributed by atoms with van der Waals surface area (Å²) in [7, 11) is 0. The maximum absolute atomic E-state index is 13.2. The second kappa shape index (κ2) is 8.32. The largest absolute Gasteiger partial charge is 0.457 e. The summed E-state index contributed by atoms with van der Waals surface area (Å²) < 4.78 is 18.7. The number of nitriles is 1. The first-order valence-electron chi connectivity index (χ1n) is 6.63. The van der Waals surface area contributed by atoms with Crippen LogP contribution in [-0.2, 0) is 0 Å². The molecular formula is C15H10ClFN4O3S. The minimum absolute atomic E-state index is 0.119. The summed E-state index contributed by atoms with van der Waals surface area (Å²) in [5.74, 6) is -0.277. The molecule has 0 spiro atoms. The number of benzene rings is 2. The standard InChI is InChI=1S/C15H10ClFN4O3S/c1-25-15(19-8-18)20-9-4-10(21(22)23)6-12(5-9)24-11-2-3-14(17)13(16)7-11/h2-7H,1H3,(H,19,20). The van der Waals surface area contributed by atoms with Crippen molar-refractivity contribution < 1.29 is 14.1 Å².